The van der Waals surface area contributed by atoms with Crippen molar-refractivity contribution in [2.24, 2.45) is 5.92 Å². The lowest BCUT2D eigenvalue weighted by atomic mass is 10.0. The number of carbonyl (C=O) groups excluding carboxylic acids is 1. The summed E-state index contributed by atoms with van der Waals surface area (Å²) in [6.07, 6.45) is 9.92. The molecule has 1 aliphatic rings. The Labute approximate surface area is 101 Å². The molecule has 0 fully saturated rings. The minimum Gasteiger partial charge on any atom is -0.382 e. The Balaban J connectivity index is 2.03. The molecule has 90 valence electrons. The first-order valence-electron chi connectivity index (χ1n) is 5.95. The number of nitrogens with zero attached hydrogens (tertiary/aromatic N) is 1. The number of pyridine rings is 1. The molecule has 1 aliphatic carbocycles. The van der Waals surface area contributed by atoms with Gasteiger partial charge in [0, 0.05) is 6.20 Å². The van der Waals surface area contributed by atoms with E-state index in [1.54, 1.807) is 18.3 Å². The number of amides is 1. The van der Waals surface area contributed by atoms with E-state index in [1.807, 2.05) is 6.08 Å². The van der Waals surface area contributed by atoms with Crippen LogP contribution in [0.1, 0.15) is 25.7 Å². The highest BCUT2D eigenvalue weighted by Crippen LogP contribution is 2.20. The molecule has 0 aromatic carbocycles. The first-order chi connectivity index (χ1) is 8.27. The zero-order valence-corrected chi connectivity index (χ0v) is 9.73. The van der Waals surface area contributed by atoms with Crippen molar-refractivity contribution in [2.75, 3.05) is 11.1 Å². The van der Waals surface area contributed by atoms with Crippen molar-refractivity contribution < 1.29 is 4.79 Å². The summed E-state index contributed by atoms with van der Waals surface area (Å²) in [7, 11) is 0. The van der Waals surface area contributed by atoms with Crippen LogP contribution in [0.15, 0.2) is 30.5 Å². The molecule has 1 aromatic heterocycles. The summed E-state index contributed by atoms with van der Waals surface area (Å²) in [6, 6.07) is 3.52. The molecule has 1 amide bonds. The van der Waals surface area contributed by atoms with Gasteiger partial charge in [0.05, 0.1) is 11.6 Å². The van der Waals surface area contributed by atoms with Crippen LogP contribution in [0.4, 0.5) is 11.5 Å². The lowest BCUT2D eigenvalue weighted by Gasteiger charge is -2.12. The topological polar surface area (TPSA) is 68.0 Å². The monoisotopic (exact) mass is 231 g/mol. The third-order valence-electron chi connectivity index (χ3n) is 2.94. The maximum Gasteiger partial charge on any atom is 0.231 e. The molecule has 1 unspecified atom stereocenters. The molecule has 0 spiro atoms. The third kappa shape index (κ3) is 3.06. The summed E-state index contributed by atoms with van der Waals surface area (Å²) in [5, 5.41) is 2.83. The highest BCUT2D eigenvalue weighted by atomic mass is 16.1. The van der Waals surface area contributed by atoms with Gasteiger partial charge in [0.15, 0.2) is 0 Å². The van der Waals surface area contributed by atoms with Gasteiger partial charge in [-0.3, -0.25) is 4.79 Å². The van der Waals surface area contributed by atoms with Crippen LogP contribution in [0, 0.1) is 5.92 Å². The van der Waals surface area contributed by atoms with Crippen molar-refractivity contribution in [1.29, 1.82) is 0 Å². The van der Waals surface area contributed by atoms with E-state index in [0.29, 0.717) is 11.5 Å². The number of nitrogens with two attached hydrogens (primary N) is 1. The van der Waals surface area contributed by atoms with Crippen molar-refractivity contribution in [2.45, 2.75) is 25.7 Å². The molecule has 2 rings (SSSR count). The minimum absolute atomic E-state index is 0.00264. The fraction of sp³-hybridized carbons (Fsp3) is 0.385. The van der Waals surface area contributed by atoms with Gasteiger partial charge in [-0.25, -0.2) is 4.98 Å². The molecular formula is C13H17N3O. The van der Waals surface area contributed by atoms with Crippen molar-refractivity contribution in [3.63, 3.8) is 0 Å². The summed E-state index contributed by atoms with van der Waals surface area (Å²) in [5.74, 6) is 0.318. The Bertz CT molecular complexity index is 428. The van der Waals surface area contributed by atoms with Gasteiger partial charge in [-0.15, -0.1) is 0 Å². The van der Waals surface area contributed by atoms with E-state index in [9.17, 15) is 4.79 Å². The average Bonchev–Trinajstić information content (AvgIpc) is 2.61. The number of allylic oxidation sites excluding steroid dienone is 1. The van der Waals surface area contributed by atoms with Gasteiger partial charge >= 0.3 is 0 Å². The first-order valence-corrected chi connectivity index (χ1v) is 5.95. The van der Waals surface area contributed by atoms with E-state index in [1.165, 1.54) is 0 Å². The predicted molar refractivity (Wildman–Crippen MR) is 68.4 cm³/mol. The van der Waals surface area contributed by atoms with Gasteiger partial charge in [0.1, 0.15) is 5.82 Å². The third-order valence-corrected chi connectivity index (χ3v) is 2.94. The van der Waals surface area contributed by atoms with Gasteiger partial charge in [0.2, 0.25) is 5.91 Å². The summed E-state index contributed by atoms with van der Waals surface area (Å²) < 4.78 is 0. The van der Waals surface area contributed by atoms with Crippen LogP contribution < -0.4 is 11.1 Å². The number of carbonyl (C=O) groups is 1. The van der Waals surface area contributed by atoms with Crippen LogP contribution in [-0.2, 0) is 4.79 Å². The smallest absolute Gasteiger partial charge is 0.231 e. The van der Waals surface area contributed by atoms with Crippen LogP contribution in [0.2, 0.25) is 0 Å². The second-order valence-corrected chi connectivity index (χ2v) is 4.24. The quantitative estimate of drug-likeness (QED) is 0.768. The van der Waals surface area contributed by atoms with Gasteiger partial charge in [-0.2, -0.15) is 0 Å². The standard InChI is InChI=1S/C13H17N3O/c14-12-11(8-5-9-15-12)16-13(17)10-6-3-1-2-4-7-10/h3,5-6,8-10H,1-2,4,7H2,(H2,14,15)(H,16,17). The Morgan fingerprint density at radius 2 is 2.35 bits per heavy atom. The van der Waals surface area contributed by atoms with Crippen LogP contribution in [0.5, 0.6) is 0 Å². The molecule has 1 aromatic rings. The van der Waals surface area contributed by atoms with Gasteiger partial charge in [0.25, 0.3) is 0 Å². The molecule has 0 radical (unpaired) electrons. The predicted octanol–water partition coefficient (Wildman–Crippen LogP) is 2.35. The molecule has 1 heterocycles. The second kappa shape index (κ2) is 5.48. The molecule has 1 atom stereocenters. The minimum atomic E-state index is -0.0443. The normalized spacial score (nSPS) is 19.6. The Hall–Kier alpha value is -1.84. The van der Waals surface area contributed by atoms with E-state index >= 15 is 0 Å². The van der Waals surface area contributed by atoms with Crippen molar-refractivity contribution in [1.82, 2.24) is 4.98 Å². The Morgan fingerprint density at radius 1 is 1.47 bits per heavy atom. The van der Waals surface area contributed by atoms with Crippen LogP contribution in [-0.4, -0.2) is 10.9 Å². The highest BCUT2D eigenvalue weighted by molar-refractivity contribution is 5.95. The highest BCUT2D eigenvalue weighted by Gasteiger charge is 2.17. The van der Waals surface area contributed by atoms with E-state index in [0.717, 1.165) is 25.7 Å². The van der Waals surface area contributed by atoms with Crippen LogP contribution in [0.25, 0.3) is 0 Å². The number of hydrogen-bond donors (Lipinski definition) is 2. The maximum absolute atomic E-state index is 12.0. The Kier molecular flexibility index (Phi) is 3.75. The van der Waals surface area contributed by atoms with Crippen molar-refractivity contribution in [3.8, 4) is 0 Å². The van der Waals surface area contributed by atoms with Crippen molar-refractivity contribution >= 4 is 17.4 Å². The molecule has 4 nitrogen and oxygen atoms in total. The summed E-state index contributed by atoms with van der Waals surface area (Å²) >= 11 is 0. The largest absolute Gasteiger partial charge is 0.382 e. The second-order valence-electron chi connectivity index (χ2n) is 4.24. The van der Waals surface area contributed by atoms with Crippen molar-refractivity contribution in [3.05, 3.63) is 30.5 Å². The number of rotatable bonds is 2. The summed E-state index contributed by atoms with van der Waals surface area (Å²) in [5.41, 5.74) is 6.28. The molecular weight excluding hydrogens is 214 g/mol. The molecule has 0 aliphatic heterocycles. The van der Waals surface area contributed by atoms with Crippen LogP contribution >= 0.6 is 0 Å². The first kappa shape index (κ1) is 11.6. The molecule has 3 N–H and O–H groups in total. The van der Waals surface area contributed by atoms with E-state index < -0.39 is 0 Å². The Morgan fingerprint density at radius 3 is 3.18 bits per heavy atom. The zero-order valence-electron chi connectivity index (χ0n) is 9.73. The average molecular weight is 231 g/mol. The summed E-state index contributed by atoms with van der Waals surface area (Å²) in [6.45, 7) is 0. The zero-order chi connectivity index (χ0) is 12.1. The lowest BCUT2D eigenvalue weighted by Crippen LogP contribution is -2.21. The number of anilines is 2. The number of nitrogen functional groups attached to an aromatic ring is 1. The van der Waals surface area contributed by atoms with Gasteiger partial charge in [-0.1, -0.05) is 18.6 Å². The molecule has 0 saturated carbocycles. The van der Waals surface area contributed by atoms with E-state index in [2.05, 4.69) is 16.4 Å². The van der Waals surface area contributed by atoms with E-state index in [-0.39, 0.29) is 11.8 Å². The number of aromatic nitrogens is 1. The SMILES string of the molecule is Nc1ncccc1NC(=O)C1C=CCCCC1. The number of nitrogens with one attached hydrogen (secondary N) is 1. The molecule has 17 heavy (non-hydrogen) atoms. The van der Waals surface area contributed by atoms with Gasteiger partial charge < -0.3 is 11.1 Å². The fourth-order valence-electron chi connectivity index (χ4n) is 1.95. The maximum atomic E-state index is 12.0. The summed E-state index contributed by atoms with van der Waals surface area (Å²) in [4.78, 5) is 16.0. The molecule has 4 heteroatoms. The molecule has 0 bridgehead atoms. The molecule has 0 saturated heterocycles. The van der Waals surface area contributed by atoms with Crippen LogP contribution in [0.3, 0.4) is 0 Å². The lowest BCUT2D eigenvalue weighted by molar-refractivity contribution is -0.118. The fourth-order valence-corrected chi connectivity index (χ4v) is 1.95. The number of hydrogen-bond acceptors (Lipinski definition) is 3. The van der Waals surface area contributed by atoms with Gasteiger partial charge in [-0.05, 0) is 31.4 Å². The van der Waals surface area contributed by atoms with E-state index in [4.69, 9.17) is 5.73 Å².